The lowest BCUT2D eigenvalue weighted by molar-refractivity contribution is -0.118. The molecule has 0 aliphatic carbocycles. The number of nitrogens with one attached hydrogen (secondary N) is 1. The van der Waals surface area contributed by atoms with Crippen molar-refractivity contribution in [3.8, 4) is 0 Å². The van der Waals surface area contributed by atoms with Crippen molar-refractivity contribution in [1.29, 1.82) is 0 Å². The number of rotatable bonds is 9. The number of halogens is 2. The van der Waals surface area contributed by atoms with E-state index in [1.54, 1.807) is 35.7 Å². The highest BCUT2D eigenvalue weighted by Crippen LogP contribution is 2.23. The Balaban J connectivity index is 1.60. The molecule has 0 fully saturated rings. The van der Waals surface area contributed by atoms with Gasteiger partial charge in [-0.3, -0.25) is 4.79 Å². The zero-order valence-corrected chi connectivity index (χ0v) is 17.4. The van der Waals surface area contributed by atoms with Gasteiger partial charge in [0.1, 0.15) is 5.82 Å². The van der Waals surface area contributed by atoms with Crippen molar-refractivity contribution in [3.63, 3.8) is 0 Å². The highest BCUT2D eigenvalue weighted by atomic mass is 35.5. The van der Waals surface area contributed by atoms with Crippen molar-refractivity contribution in [2.75, 3.05) is 18.1 Å². The van der Waals surface area contributed by atoms with E-state index in [9.17, 15) is 9.18 Å². The van der Waals surface area contributed by atoms with Crippen molar-refractivity contribution in [2.24, 2.45) is 0 Å². The third-order valence-electron chi connectivity index (χ3n) is 3.66. The van der Waals surface area contributed by atoms with Gasteiger partial charge in [-0.1, -0.05) is 47.0 Å². The molecular formula is C20H23ClFNOS2. The van der Waals surface area contributed by atoms with Crippen LogP contribution in [0.1, 0.15) is 22.3 Å². The molecule has 1 N–H and O–H groups in total. The number of carbonyl (C=O) groups excluding carboxylic acids is 1. The summed E-state index contributed by atoms with van der Waals surface area (Å²) >= 11 is 9.16. The van der Waals surface area contributed by atoms with Crippen molar-refractivity contribution < 1.29 is 9.18 Å². The third kappa shape index (κ3) is 7.22. The summed E-state index contributed by atoms with van der Waals surface area (Å²) in [6, 6.07) is 11.2. The number of carbonyl (C=O) groups is 1. The molecule has 2 rings (SSSR count). The molecule has 1 amide bonds. The van der Waals surface area contributed by atoms with E-state index < -0.39 is 0 Å². The van der Waals surface area contributed by atoms with Gasteiger partial charge >= 0.3 is 0 Å². The Kier molecular flexibility index (Phi) is 8.82. The zero-order valence-electron chi connectivity index (χ0n) is 15.0. The van der Waals surface area contributed by atoms with E-state index in [1.165, 1.54) is 22.8 Å². The lowest BCUT2D eigenvalue weighted by atomic mass is 10.1. The highest BCUT2D eigenvalue weighted by molar-refractivity contribution is 7.99. The van der Waals surface area contributed by atoms with Gasteiger partial charge in [0.2, 0.25) is 5.91 Å². The third-order valence-corrected chi connectivity index (χ3v) is 6.00. The fourth-order valence-electron chi connectivity index (χ4n) is 2.57. The molecule has 0 aliphatic rings. The molecule has 2 aromatic rings. The van der Waals surface area contributed by atoms with Gasteiger partial charge in [0, 0.05) is 34.4 Å². The summed E-state index contributed by atoms with van der Waals surface area (Å²) in [7, 11) is 0. The van der Waals surface area contributed by atoms with Gasteiger partial charge < -0.3 is 5.32 Å². The first-order valence-electron chi connectivity index (χ1n) is 8.38. The van der Waals surface area contributed by atoms with E-state index in [2.05, 4.69) is 37.4 Å². The average molecular weight is 412 g/mol. The smallest absolute Gasteiger partial charge is 0.230 e. The molecule has 0 heterocycles. The highest BCUT2D eigenvalue weighted by Gasteiger charge is 2.07. The molecule has 0 aliphatic heterocycles. The Morgan fingerprint density at radius 3 is 2.54 bits per heavy atom. The lowest BCUT2D eigenvalue weighted by Gasteiger charge is -2.08. The second kappa shape index (κ2) is 10.9. The van der Waals surface area contributed by atoms with E-state index >= 15 is 0 Å². The van der Waals surface area contributed by atoms with Gasteiger partial charge in [0.05, 0.1) is 5.75 Å². The van der Waals surface area contributed by atoms with Crippen LogP contribution in [0.2, 0.25) is 5.02 Å². The van der Waals surface area contributed by atoms with Gasteiger partial charge in [-0.05, 0) is 31.5 Å². The molecule has 0 atom stereocenters. The summed E-state index contributed by atoms with van der Waals surface area (Å²) in [6.45, 7) is 4.74. The zero-order chi connectivity index (χ0) is 18.9. The largest absolute Gasteiger partial charge is 0.355 e. The summed E-state index contributed by atoms with van der Waals surface area (Å²) in [5, 5.41) is 3.35. The van der Waals surface area contributed by atoms with Gasteiger partial charge in [-0.25, -0.2) is 4.39 Å². The Morgan fingerprint density at radius 1 is 1.12 bits per heavy atom. The van der Waals surface area contributed by atoms with Crippen LogP contribution in [0.15, 0.2) is 36.4 Å². The Hall–Kier alpha value is -1.17. The maximum Gasteiger partial charge on any atom is 0.230 e. The van der Waals surface area contributed by atoms with E-state index in [-0.39, 0.29) is 11.7 Å². The lowest BCUT2D eigenvalue weighted by Crippen LogP contribution is -2.27. The minimum atomic E-state index is -0.281. The van der Waals surface area contributed by atoms with Gasteiger partial charge in [-0.2, -0.15) is 11.8 Å². The summed E-state index contributed by atoms with van der Waals surface area (Å²) in [5.74, 6) is 2.24. The number of hydrogen-bond acceptors (Lipinski definition) is 3. The van der Waals surface area contributed by atoms with E-state index in [0.717, 1.165) is 11.5 Å². The molecule has 0 radical (unpaired) electrons. The number of amides is 1. The summed E-state index contributed by atoms with van der Waals surface area (Å²) in [5.41, 5.74) is 4.26. The summed E-state index contributed by atoms with van der Waals surface area (Å²) in [4.78, 5) is 11.9. The molecule has 6 heteroatoms. The average Bonchev–Trinajstić information content (AvgIpc) is 2.56. The maximum absolute atomic E-state index is 13.6. The maximum atomic E-state index is 13.6. The molecule has 26 heavy (non-hydrogen) atoms. The predicted octanol–water partition coefficient (Wildman–Crippen LogP) is 5.38. The van der Waals surface area contributed by atoms with Crippen LogP contribution in [0.4, 0.5) is 4.39 Å². The van der Waals surface area contributed by atoms with E-state index in [0.29, 0.717) is 28.6 Å². The number of benzene rings is 2. The summed E-state index contributed by atoms with van der Waals surface area (Å²) in [6.07, 6.45) is 0. The molecule has 2 nitrogen and oxygen atoms in total. The van der Waals surface area contributed by atoms with Crippen LogP contribution in [-0.4, -0.2) is 24.0 Å². The van der Waals surface area contributed by atoms with Crippen LogP contribution >= 0.6 is 35.1 Å². The van der Waals surface area contributed by atoms with Crippen LogP contribution < -0.4 is 5.32 Å². The monoisotopic (exact) mass is 411 g/mol. The van der Waals surface area contributed by atoms with Gasteiger partial charge in [0.25, 0.3) is 0 Å². The van der Waals surface area contributed by atoms with Crippen LogP contribution in [0.25, 0.3) is 0 Å². The van der Waals surface area contributed by atoms with Crippen molar-refractivity contribution in [3.05, 3.63) is 69.5 Å². The molecular weight excluding hydrogens is 389 g/mol. The normalized spacial score (nSPS) is 10.8. The molecule has 0 saturated heterocycles. The second-order valence-electron chi connectivity index (χ2n) is 6.09. The topological polar surface area (TPSA) is 29.1 Å². The van der Waals surface area contributed by atoms with E-state index in [4.69, 9.17) is 11.6 Å². The number of aryl methyl sites for hydroxylation is 2. The van der Waals surface area contributed by atoms with Gasteiger partial charge in [0.15, 0.2) is 0 Å². The number of thioether (sulfide) groups is 2. The number of hydrogen-bond donors (Lipinski definition) is 1. The molecule has 2 aromatic carbocycles. The van der Waals surface area contributed by atoms with Crippen molar-refractivity contribution >= 4 is 41.0 Å². The first-order valence-corrected chi connectivity index (χ1v) is 11.1. The minimum absolute atomic E-state index is 0.0314. The van der Waals surface area contributed by atoms with Crippen LogP contribution in [0.5, 0.6) is 0 Å². The SMILES string of the molecule is Cc1cc(C)cc(CSCC(=O)NCCSCc2c(F)cccc2Cl)c1. The first-order chi connectivity index (χ1) is 12.5. The molecule has 0 bridgehead atoms. The van der Waals surface area contributed by atoms with Crippen LogP contribution in [0.3, 0.4) is 0 Å². The Morgan fingerprint density at radius 2 is 1.85 bits per heavy atom. The van der Waals surface area contributed by atoms with Gasteiger partial charge in [-0.15, -0.1) is 11.8 Å². The van der Waals surface area contributed by atoms with Crippen molar-refractivity contribution in [2.45, 2.75) is 25.4 Å². The molecule has 140 valence electrons. The van der Waals surface area contributed by atoms with Crippen LogP contribution in [-0.2, 0) is 16.3 Å². The predicted molar refractivity (Wildman–Crippen MR) is 113 cm³/mol. The fourth-order valence-corrected chi connectivity index (χ4v) is 4.56. The fraction of sp³-hybridized carbons (Fsp3) is 0.350. The van der Waals surface area contributed by atoms with E-state index in [1.807, 2.05) is 0 Å². The molecule has 0 spiro atoms. The quantitative estimate of drug-likeness (QED) is 0.561. The second-order valence-corrected chi connectivity index (χ2v) is 8.59. The summed E-state index contributed by atoms with van der Waals surface area (Å²) < 4.78 is 13.6. The Labute approximate surface area is 168 Å². The first kappa shape index (κ1) is 21.1. The Bertz CT molecular complexity index is 714. The molecule has 0 saturated carbocycles. The molecule has 0 unspecified atom stereocenters. The van der Waals surface area contributed by atoms with Crippen LogP contribution in [0, 0.1) is 19.7 Å². The standard InChI is InChI=1S/C20H23ClFNOS2/c1-14-8-15(2)10-16(9-14)11-26-13-20(24)23-6-7-25-12-17-18(21)4-3-5-19(17)22/h3-5,8-10H,6-7,11-13H2,1-2H3,(H,23,24). The minimum Gasteiger partial charge on any atom is -0.355 e. The van der Waals surface area contributed by atoms with Crippen molar-refractivity contribution in [1.82, 2.24) is 5.32 Å². The molecule has 0 aromatic heterocycles.